The van der Waals surface area contributed by atoms with Crippen molar-refractivity contribution in [1.29, 1.82) is 0 Å². The van der Waals surface area contributed by atoms with E-state index in [2.05, 4.69) is 17.3 Å². The third kappa shape index (κ3) is 3.56. The molecule has 0 atom stereocenters. The van der Waals surface area contributed by atoms with E-state index in [4.69, 9.17) is 0 Å². The first kappa shape index (κ1) is 12.1. The van der Waals surface area contributed by atoms with Crippen LogP contribution in [0.25, 0.3) is 0 Å². The summed E-state index contributed by atoms with van der Waals surface area (Å²) in [6, 6.07) is 8.49. The maximum atomic E-state index is 11.1. The molecular formula is C14H20N2O. The highest BCUT2D eigenvalue weighted by Crippen LogP contribution is 2.24. The number of Topliss-reactive ketones (excluding diaryl/α,β-unsaturated/α-hetero) is 1. The van der Waals surface area contributed by atoms with Crippen LogP contribution in [0.5, 0.6) is 0 Å². The molecule has 0 heterocycles. The lowest BCUT2D eigenvalue weighted by Gasteiger charge is -2.16. The number of nitrogens with one attached hydrogen (secondary N) is 1. The van der Waals surface area contributed by atoms with Gasteiger partial charge in [-0.3, -0.25) is 4.79 Å². The van der Waals surface area contributed by atoms with Crippen LogP contribution >= 0.6 is 0 Å². The molecule has 2 rings (SSSR count). The van der Waals surface area contributed by atoms with Crippen molar-refractivity contribution in [2.24, 2.45) is 0 Å². The maximum Gasteiger partial charge on any atom is 0.159 e. The Labute approximate surface area is 103 Å². The first-order chi connectivity index (χ1) is 8.16. The van der Waals surface area contributed by atoms with Gasteiger partial charge in [0.25, 0.3) is 0 Å². The molecule has 1 N–H and O–H groups in total. The Hall–Kier alpha value is -1.35. The summed E-state index contributed by atoms with van der Waals surface area (Å²) >= 11 is 0. The molecule has 0 aromatic heterocycles. The van der Waals surface area contributed by atoms with Crippen molar-refractivity contribution in [3.05, 3.63) is 29.8 Å². The number of ketones is 1. The van der Waals surface area contributed by atoms with E-state index in [0.717, 1.165) is 30.4 Å². The van der Waals surface area contributed by atoms with Crippen molar-refractivity contribution < 1.29 is 4.79 Å². The molecule has 1 aliphatic carbocycles. The van der Waals surface area contributed by atoms with Gasteiger partial charge >= 0.3 is 0 Å². The Kier molecular flexibility index (Phi) is 3.79. The fourth-order valence-electron chi connectivity index (χ4n) is 1.90. The van der Waals surface area contributed by atoms with Crippen molar-refractivity contribution in [3.8, 4) is 0 Å². The van der Waals surface area contributed by atoms with E-state index in [0.29, 0.717) is 0 Å². The molecule has 1 aromatic carbocycles. The van der Waals surface area contributed by atoms with E-state index < -0.39 is 0 Å². The maximum absolute atomic E-state index is 11.1. The number of nitrogens with zero attached hydrogens (tertiary/aromatic N) is 1. The number of carbonyl (C=O) groups is 1. The van der Waals surface area contributed by atoms with Crippen LogP contribution in [0.1, 0.15) is 30.1 Å². The topological polar surface area (TPSA) is 32.3 Å². The van der Waals surface area contributed by atoms with Crippen LogP contribution in [-0.4, -0.2) is 36.9 Å². The molecule has 17 heavy (non-hydrogen) atoms. The number of hydrogen-bond donors (Lipinski definition) is 1. The van der Waals surface area contributed by atoms with Crippen LogP contribution in [0.2, 0.25) is 0 Å². The molecule has 0 radical (unpaired) electrons. The van der Waals surface area contributed by atoms with E-state index in [1.807, 2.05) is 24.3 Å². The third-order valence-corrected chi connectivity index (χ3v) is 3.26. The number of carbonyl (C=O) groups excluding carboxylic acids is 1. The van der Waals surface area contributed by atoms with Gasteiger partial charge in [0.15, 0.2) is 5.78 Å². The zero-order chi connectivity index (χ0) is 12.3. The summed E-state index contributed by atoms with van der Waals surface area (Å²) in [5.41, 5.74) is 1.85. The van der Waals surface area contributed by atoms with E-state index in [1.165, 1.54) is 12.8 Å². The second-order valence-corrected chi connectivity index (χ2v) is 4.77. The Balaban J connectivity index is 1.76. The van der Waals surface area contributed by atoms with Gasteiger partial charge in [-0.05, 0) is 51.1 Å². The Morgan fingerprint density at radius 1 is 1.35 bits per heavy atom. The lowest BCUT2D eigenvalue weighted by Crippen LogP contribution is -2.26. The Bertz CT molecular complexity index is 382. The number of anilines is 1. The minimum absolute atomic E-state index is 0.116. The van der Waals surface area contributed by atoms with Crippen LogP contribution in [0, 0.1) is 0 Å². The first-order valence-electron chi connectivity index (χ1n) is 6.22. The molecular weight excluding hydrogens is 212 g/mol. The zero-order valence-electron chi connectivity index (χ0n) is 10.6. The molecule has 3 heteroatoms. The molecule has 3 nitrogen and oxygen atoms in total. The summed E-state index contributed by atoms with van der Waals surface area (Å²) < 4.78 is 0. The van der Waals surface area contributed by atoms with E-state index >= 15 is 0 Å². The van der Waals surface area contributed by atoms with Crippen molar-refractivity contribution in [2.75, 3.05) is 25.5 Å². The third-order valence-electron chi connectivity index (χ3n) is 3.26. The van der Waals surface area contributed by atoms with Crippen molar-refractivity contribution in [1.82, 2.24) is 4.90 Å². The summed E-state index contributed by atoms with van der Waals surface area (Å²) in [4.78, 5) is 13.5. The average molecular weight is 232 g/mol. The molecule has 0 bridgehead atoms. The molecule has 0 saturated heterocycles. The highest BCUT2D eigenvalue weighted by Gasteiger charge is 2.25. The molecule has 1 saturated carbocycles. The van der Waals surface area contributed by atoms with Gasteiger partial charge in [0, 0.05) is 30.4 Å². The van der Waals surface area contributed by atoms with E-state index in [-0.39, 0.29) is 5.78 Å². The van der Waals surface area contributed by atoms with Gasteiger partial charge in [-0.2, -0.15) is 0 Å². The van der Waals surface area contributed by atoms with Gasteiger partial charge in [0.05, 0.1) is 0 Å². The quantitative estimate of drug-likeness (QED) is 0.764. The predicted molar refractivity (Wildman–Crippen MR) is 70.6 cm³/mol. The first-order valence-corrected chi connectivity index (χ1v) is 6.22. The van der Waals surface area contributed by atoms with Crippen molar-refractivity contribution >= 4 is 11.5 Å². The van der Waals surface area contributed by atoms with Gasteiger partial charge in [-0.15, -0.1) is 0 Å². The zero-order valence-corrected chi connectivity index (χ0v) is 10.6. The van der Waals surface area contributed by atoms with E-state index in [9.17, 15) is 4.79 Å². The number of rotatable bonds is 6. The second-order valence-electron chi connectivity index (χ2n) is 4.77. The average Bonchev–Trinajstić information content (AvgIpc) is 3.13. The predicted octanol–water partition coefficient (Wildman–Crippen LogP) is 2.40. The summed E-state index contributed by atoms with van der Waals surface area (Å²) in [5, 5.41) is 3.37. The molecule has 1 aliphatic rings. The highest BCUT2D eigenvalue weighted by molar-refractivity contribution is 5.94. The monoisotopic (exact) mass is 232 g/mol. The number of likely N-dealkylation sites (N-methyl/N-ethyl adjacent to an activating group) is 1. The summed E-state index contributed by atoms with van der Waals surface area (Å²) in [5.74, 6) is 0.116. The van der Waals surface area contributed by atoms with Gasteiger partial charge < -0.3 is 10.2 Å². The number of hydrogen-bond acceptors (Lipinski definition) is 3. The molecule has 92 valence electrons. The summed E-state index contributed by atoms with van der Waals surface area (Å²) in [6.45, 7) is 3.61. The molecule has 0 amide bonds. The molecule has 1 fully saturated rings. The fourth-order valence-corrected chi connectivity index (χ4v) is 1.90. The SMILES string of the molecule is CC(=O)c1ccc(NCCN(C)C2CC2)cc1. The van der Waals surface area contributed by atoms with Gasteiger partial charge in [-0.1, -0.05) is 0 Å². The Morgan fingerprint density at radius 2 is 2.00 bits per heavy atom. The largest absolute Gasteiger partial charge is 0.384 e. The smallest absolute Gasteiger partial charge is 0.159 e. The normalized spacial score (nSPS) is 15.0. The molecule has 0 aliphatic heterocycles. The van der Waals surface area contributed by atoms with Crippen molar-refractivity contribution in [3.63, 3.8) is 0 Å². The van der Waals surface area contributed by atoms with Gasteiger partial charge in [-0.25, -0.2) is 0 Å². The van der Waals surface area contributed by atoms with Crippen molar-refractivity contribution in [2.45, 2.75) is 25.8 Å². The minimum Gasteiger partial charge on any atom is -0.384 e. The Morgan fingerprint density at radius 3 is 2.53 bits per heavy atom. The molecule has 0 unspecified atom stereocenters. The molecule has 0 spiro atoms. The van der Waals surface area contributed by atoms with Gasteiger partial charge in [0.1, 0.15) is 0 Å². The van der Waals surface area contributed by atoms with Crippen LogP contribution in [0.4, 0.5) is 5.69 Å². The lowest BCUT2D eigenvalue weighted by atomic mass is 10.1. The number of benzene rings is 1. The van der Waals surface area contributed by atoms with Crippen LogP contribution in [-0.2, 0) is 0 Å². The fraction of sp³-hybridized carbons (Fsp3) is 0.500. The summed E-state index contributed by atoms with van der Waals surface area (Å²) in [7, 11) is 2.18. The standard InChI is InChI=1S/C14H20N2O/c1-11(17)12-3-5-13(6-4-12)15-9-10-16(2)14-7-8-14/h3-6,14-15H,7-10H2,1-2H3. The van der Waals surface area contributed by atoms with Crippen LogP contribution < -0.4 is 5.32 Å². The van der Waals surface area contributed by atoms with E-state index in [1.54, 1.807) is 6.92 Å². The second kappa shape index (κ2) is 5.32. The lowest BCUT2D eigenvalue weighted by molar-refractivity contribution is 0.101. The van der Waals surface area contributed by atoms with Gasteiger partial charge in [0.2, 0.25) is 0 Å². The van der Waals surface area contributed by atoms with Crippen LogP contribution in [0.15, 0.2) is 24.3 Å². The van der Waals surface area contributed by atoms with Crippen LogP contribution in [0.3, 0.4) is 0 Å². The summed E-state index contributed by atoms with van der Waals surface area (Å²) in [6.07, 6.45) is 2.70. The highest BCUT2D eigenvalue weighted by atomic mass is 16.1. The molecule has 1 aromatic rings. The minimum atomic E-state index is 0.116.